The van der Waals surface area contributed by atoms with Crippen LogP contribution in [0.2, 0.25) is 0 Å². The Hall–Kier alpha value is -3.29. The van der Waals surface area contributed by atoms with Crippen LogP contribution in [0, 0.1) is 20.8 Å². The molecule has 32 heavy (non-hydrogen) atoms. The number of nitrogens with zero attached hydrogens (tertiary/aromatic N) is 2. The van der Waals surface area contributed by atoms with Crippen molar-refractivity contribution in [3.8, 4) is 17.1 Å². The van der Waals surface area contributed by atoms with Crippen molar-refractivity contribution in [1.29, 1.82) is 0 Å². The van der Waals surface area contributed by atoms with E-state index in [-0.39, 0.29) is 11.8 Å². The maximum absolute atomic E-state index is 13.0. The van der Waals surface area contributed by atoms with Crippen molar-refractivity contribution in [2.24, 2.45) is 0 Å². The van der Waals surface area contributed by atoms with Gasteiger partial charge in [0.2, 0.25) is 5.88 Å². The molecule has 8 heteroatoms. The summed E-state index contributed by atoms with van der Waals surface area (Å²) in [7, 11) is 0. The average Bonchev–Trinajstić information content (AvgIpc) is 3.07. The molecule has 1 aromatic heterocycles. The molecule has 1 saturated heterocycles. The fraction of sp³-hybridized carbons (Fsp3) is 0.333. The fourth-order valence-electron chi connectivity index (χ4n) is 3.84. The first-order chi connectivity index (χ1) is 15.1. The van der Waals surface area contributed by atoms with Crippen molar-refractivity contribution in [2.75, 3.05) is 19.7 Å². The van der Waals surface area contributed by atoms with Gasteiger partial charge in [-0.05, 0) is 44.0 Å². The maximum Gasteiger partial charge on any atom is 0.422 e. The van der Waals surface area contributed by atoms with Gasteiger partial charge in [0.25, 0.3) is 5.91 Å². The first kappa shape index (κ1) is 21.9. The van der Waals surface area contributed by atoms with Gasteiger partial charge in [-0.25, -0.2) is 0 Å². The van der Waals surface area contributed by atoms with E-state index in [1.54, 1.807) is 24.0 Å². The van der Waals surface area contributed by atoms with E-state index in [2.05, 4.69) is 34.5 Å². The third-order valence-corrected chi connectivity index (χ3v) is 5.81. The summed E-state index contributed by atoms with van der Waals surface area (Å²) in [4.78, 5) is 14.8. The number of ether oxygens (including phenoxy) is 1. The Kier molecular flexibility index (Phi) is 5.71. The molecule has 1 amide bonds. The van der Waals surface area contributed by atoms with E-state index in [0.717, 1.165) is 5.56 Å². The number of hydrogen-bond acceptors (Lipinski definition) is 3. The topological polar surface area (TPSA) is 58.2 Å². The molecule has 0 atom stereocenters. The van der Waals surface area contributed by atoms with Crippen LogP contribution < -0.4 is 4.74 Å². The lowest BCUT2D eigenvalue weighted by molar-refractivity contribution is -0.154. The summed E-state index contributed by atoms with van der Waals surface area (Å²) < 4.78 is 42.2. The van der Waals surface area contributed by atoms with Gasteiger partial charge in [0.1, 0.15) is 0 Å². The molecular formula is C24H24F3N3O2. The fourth-order valence-corrected chi connectivity index (χ4v) is 3.84. The van der Waals surface area contributed by atoms with Gasteiger partial charge in [-0.2, -0.15) is 13.2 Å². The third kappa shape index (κ3) is 4.49. The second-order valence-electron chi connectivity index (χ2n) is 8.28. The molecule has 1 aliphatic heterocycles. The summed E-state index contributed by atoms with van der Waals surface area (Å²) in [5, 5.41) is 6.64. The SMILES string of the molecule is Cc1ccc(C2CN(C(=O)c3ccc(C)c(-c4[nH]nc(OCC(F)(F)F)c4C)c3)C2)cc1. The van der Waals surface area contributed by atoms with Crippen LogP contribution in [-0.4, -0.2) is 46.9 Å². The summed E-state index contributed by atoms with van der Waals surface area (Å²) in [6.45, 7) is 5.46. The van der Waals surface area contributed by atoms with Crippen LogP contribution in [0.3, 0.4) is 0 Å². The number of aryl methyl sites for hydroxylation is 2. The molecule has 0 spiro atoms. The van der Waals surface area contributed by atoms with Crippen molar-refractivity contribution in [1.82, 2.24) is 15.1 Å². The van der Waals surface area contributed by atoms with Crippen molar-refractivity contribution in [2.45, 2.75) is 32.9 Å². The second kappa shape index (κ2) is 8.33. The Balaban J connectivity index is 1.49. The van der Waals surface area contributed by atoms with Crippen LogP contribution in [0.15, 0.2) is 42.5 Å². The van der Waals surface area contributed by atoms with Crippen LogP contribution in [0.5, 0.6) is 5.88 Å². The largest absolute Gasteiger partial charge is 0.467 e. The van der Waals surface area contributed by atoms with E-state index in [1.807, 2.05) is 19.9 Å². The number of alkyl halides is 3. The highest BCUT2D eigenvalue weighted by molar-refractivity contribution is 5.96. The Morgan fingerprint density at radius 1 is 1.12 bits per heavy atom. The van der Waals surface area contributed by atoms with E-state index < -0.39 is 12.8 Å². The summed E-state index contributed by atoms with van der Waals surface area (Å²) in [6.07, 6.45) is -4.44. The number of H-pyrrole nitrogens is 1. The van der Waals surface area contributed by atoms with Crippen LogP contribution in [0.4, 0.5) is 13.2 Å². The number of hydrogen-bond donors (Lipinski definition) is 1. The molecule has 168 valence electrons. The van der Waals surface area contributed by atoms with Gasteiger partial charge in [0.15, 0.2) is 6.61 Å². The highest BCUT2D eigenvalue weighted by Crippen LogP contribution is 2.33. The number of likely N-dealkylation sites (tertiary alicyclic amines) is 1. The molecule has 2 aromatic carbocycles. The molecule has 1 aliphatic rings. The maximum atomic E-state index is 13.0. The number of aromatic amines is 1. The van der Waals surface area contributed by atoms with E-state index in [0.29, 0.717) is 41.4 Å². The lowest BCUT2D eigenvalue weighted by atomic mass is 9.90. The summed E-state index contributed by atoms with van der Waals surface area (Å²) in [5.74, 6) is 0.158. The highest BCUT2D eigenvalue weighted by Gasteiger charge is 2.33. The zero-order valence-electron chi connectivity index (χ0n) is 18.1. The van der Waals surface area contributed by atoms with Crippen molar-refractivity contribution < 1.29 is 22.7 Å². The summed E-state index contributed by atoms with van der Waals surface area (Å²) in [5.41, 5.74) is 5.54. The Morgan fingerprint density at radius 2 is 1.81 bits per heavy atom. The van der Waals surface area contributed by atoms with Crippen LogP contribution in [0.1, 0.15) is 38.5 Å². The van der Waals surface area contributed by atoms with Crippen LogP contribution >= 0.6 is 0 Å². The zero-order chi connectivity index (χ0) is 23.0. The molecule has 5 nitrogen and oxygen atoms in total. The number of nitrogens with one attached hydrogen (secondary N) is 1. The molecule has 0 bridgehead atoms. The monoisotopic (exact) mass is 443 g/mol. The Morgan fingerprint density at radius 3 is 2.47 bits per heavy atom. The molecule has 0 saturated carbocycles. The van der Waals surface area contributed by atoms with Crippen molar-refractivity contribution in [3.63, 3.8) is 0 Å². The van der Waals surface area contributed by atoms with E-state index in [1.165, 1.54) is 11.1 Å². The molecule has 1 fully saturated rings. The van der Waals surface area contributed by atoms with E-state index in [9.17, 15) is 18.0 Å². The van der Waals surface area contributed by atoms with E-state index in [4.69, 9.17) is 4.74 Å². The predicted molar refractivity (Wildman–Crippen MR) is 115 cm³/mol. The molecular weight excluding hydrogens is 419 g/mol. The standard InChI is InChI=1S/C24H24F3N3O2/c1-14-4-7-17(8-5-14)19-11-30(12-19)23(31)18-9-6-15(2)20(10-18)21-16(3)22(29-28-21)32-13-24(25,26)27/h4-10,19H,11-13H2,1-3H3,(H,28,29). The molecule has 4 rings (SSSR count). The Labute approximate surface area is 184 Å². The van der Waals surface area contributed by atoms with Gasteiger partial charge in [-0.3, -0.25) is 9.89 Å². The lowest BCUT2D eigenvalue weighted by Crippen LogP contribution is -2.48. The van der Waals surface area contributed by atoms with Crippen LogP contribution in [0.25, 0.3) is 11.3 Å². The van der Waals surface area contributed by atoms with Gasteiger partial charge < -0.3 is 9.64 Å². The minimum absolute atomic E-state index is 0.0691. The number of halogens is 3. The average molecular weight is 443 g/mol. The summed E-state index contributed by atoms with van der Waals surface area (Å²) in [6, 6.07) is 13.7. The molecule has 1 N–H and O–H groups in total. The second-order valence-corrected chi connectivity index (χ2v) is 8.28. The molecule has 0 radical (unpaired) electrons. The Bertz CT molecular complexity index is 1130. The molecule has 2 heterocycles. The van der Waals surface area contributed by atoms with Gasteiger partial charge >= 0.3 is 6.18 Å². The number of benzene rings is 2. The zero-order valence-corrected chi connectivity index (χ0v) is 18.1. The lowest BCUT2D eigenvalue weighted by Gasteiger charge is -2.39. The van der Waals surface area contributed by atoms with Gasteiger partial charge in [0.05, 0.1) is 5.69 Å². The van der Waals surface area contributed by atoms with Gasteiger partial charge in [0, 0.05) is 35.7 Å². The first-order valence-corrected chi connectivity index (χ1v) is 10.3. The number of carbonyl (C=O) groups is 1. The number of aromatic nitrogens is 2. The van der Waals surface area contributed by atoms with Crippen molar-refractivity contribution >= 4 is 5.91 Å². The molecule has 0 unspecified atom stereocenters. The predicted octanol–water partition coefficient (Wildman–Crippen LogP) is 5.18. The molecule has 3 aromatic rings. The minimum atomic E-state index is -4.44. The van der Waals surface area contributed by atoms with Crippen LogP contribution in [-0.2, 0) is 0 Å². The third-order valence-electron chi connectivity index (χ3n) is 5.81. The van der Waals surface area contributed by atoms with Gasteiger partial charge in [-0.1, -0.05) is 35.9 Å². The number of amides is 1. The quantitative estimate of drug-likeness (QED) is 0.591. The first-order valence-electron chi connectivity index (χ1n) is 10.3. The highest BCUT2D eigenvalue weighted by atomic mass is 19.4. The molecule has 0 aliphatic carbocycles. The smallest absolute Gasteiger partial charge is 0.422 e. The summed E-state index contributed by atoms with van der Waals surface area (Å²) >= 11 is 0. The minimum Gasteiger partial charge on any atom is -0.467 e. The number of carbonyl (C=O) groups excluding carboxylic acids is 1. The normalized spacial score (nSPS) is 14.4. The van der Waals surface area contributed by atoms with Crippen molar-refractivity contribution in [3.05, 3.63) is 70.3 Å². The van der Waals surface area contributed by atoms with Gasteiger partial charge in [-0.15, -0.1) is 5.10 Å². The number of rotatable bonds is 5. The van der Waals surface area contributed by atoms with E-state index >= 15 is 0 Å².